The number of unbranched alkanes of at least 4 members (excludes halogenated alkanes) is 1. The molecular formula is C29H34Cl3N3O. The average molecular weight is 547 g/mol. The first kappa shape index (κ1) is 28.5. The van der Waals surface area contributed by atoms with Gasteiger partial charge in [0.15, 0.2) is 0 Å². The third kappa shape index (κ3) is 7.69. The van der Waals surface area contributed by atoms with E-state index >= 15 is 0 Å². The van der Waals surface area contributed by atoms with Crippen LogP contribution >= 0.6 is 35.6 Å². The normalized spacial score (nSPS) is 16.4. The summed E-state index contributed by atoms with van der Waals surface area (Å²) in [5.74, 6) is 1.14. The van der Waals surface area contributed by atoms with Crippen molar-refractivity contribution in [3.8, 4) is 11.3 Å². The molecule has 1 aromatic heterocycles. The first-order chi connectivity index (χ1) is 17.1. The SMILES string of the molecule is CCCN(CCCCNC(=O)c1ccc(-c2ccccn2)cc1)CC1CC1c1cccc(Cl)c1Cl.Cl. The van der Waals surface area contributed by atoms with Crippen LogP contribution in [0, 0.1) is 5.92 Å². The molecule has 1 aliphatic rings. The largest absolute Gasteiger partial charge is 0.352 e. The summed E-state index contributed by atoms with van der Waals surface area (Å²) in [4.78, 5) is 19.4. The zero-order chi connectivity index (χ0) is 24.6. The molecule has 1 fully saturated rings. The van der Waals surface area contributed by atoms with Crippen LogP contribution in [-0.2, 0) is 0 Å². The summed E-state index contributed by atoms with van der Waals surface area (Å²) < 4.78 is 0. The van der Waals surface area contributed by atoms with E-state index in [1.807, 2.05) is 54.6 Å². The molecule has 192 valence electrons. The van der Waals surface area contributed by atoms with Crippen molar-refractivity contribution in [1.82, 2.24) is 15.2 Å². The Bertz CT molecular complexity index is 1110. The number of aromatic nitrogens is 1. The predicted molar refractivity (Wildman–Crippen MR) is 153 cm³/mol. The number of amides is 1. The van der Waals surface area contributed by atoms with Gasteiger partial charge in [0.25, 0.3) is 5.91 Å². The van der Waals surface area contributed by atoms with Gasteiger partial charge in [-0.1, -0.05) is 60.5 Å². The second kappa shape index (κ2) is 14.0. The lowest BCUT2D eigenvalue weighted by Crippen LogP contribution is -2.29. The maximum Gasteiger partial charge on any atom is 0.251 e. The number of benzene rings is 2. The van der Waals surface area contributed by atoms with Gasteiger partial charge < -0.3 is 10.2 Å². The Labute approximate surface area is 230 Å². The van der Waals surface area contributed by atoms with Gasteiger partial charge in [0.1, 0.15) is 0 Å². The third-order valence-electron chi connectivity index (χ3n) is 6.63. The molecule has 1 heterocycles. The quantitative estimate of drug-likeness (QED) is 0.239. The number of carbonyl (C=O) groups is 1. The van der Waals surface area contributed by atoms with Crippen LogP contribution in [0.5, 0.6) is 0 Å². The maximum absolute atomic E-state index is 12.5. The van der Waals surface area contributed by atoms with Crippen LogP contribution in [0.1, 0.15) is 54.4 Å². The molecule has 0 spiro atoms. The molecule has 2 unspecified atom stereocenters. The van der Waals surface area contributed by atoms with Gasteiger partial charge in [0, 0.05) is 30.4 Å². The monoisotopic (exact) mass is 545 g/mol. The summed E-state index contributed by atoms with van der Waals surface area (Å²) in [5, 5.41) is 4.42. The van der Waals surface area contributed by atoms with Crippen molar-refractivity contribution in [2.75, 3.05) is 26.2 Å². The fourth-order valence-corrected chi connectivity index (χ4v) is 5.12. The van der Waals surface area contributed by atoms with Crippen LogP contribution in [0.25, 0.3) is 11.3 Å². The number of rotatable bonds is 12. The van der Waals surface area contributed by atoms with Gasteiger partial charge in [0.2, 0.25) is 0 Å². The molecule has 0 saturated heterocycles. The highest BCUT2D eigenvalue weighted by Crippen LogP contribution is 2.50. The van der Waals surface area contributed by atoms with E-state index in [4.69, 9.17) is 23.2 Å². The van der Waals surface area contributed by atoms with Gasteiger partial charge in [-0.05, 0) is 86.5 Å². The van der Waals surface area contributed by atoms with Crippen LogP contribution < -0.4 is 5.32 Å². The summed E-state index contributed by atoms with van der Waals surface area (Å²) in [6.45, 7) is 6.16. The molecule has 7 heteroatoms. The van der Waals surface area contributed by atoms with Crippen molar-refractivity contribution in [1.29, 1.82) is 0 Å². The smallest absolute Gasteiger partial charge is 0.251 e. The van der Waals surface area contributed by atoms with E-state index in [0.717, 1.165) is 50.2 Å². The molecule has 1 amide bonds. The number of nitrogens with one attached hydrogen (secondary N) is 1. The number of carbonyl (C=O) groups excluding carboxylic acids is 1. The first-order valence-corrected chi connectivity index (χ1v) is 13.3. The summed E-state index contributed by atoms with van der Waals surface area (Å²) in [6, 6.07) is 19.4. The van der Waals surface area contributed by atoms with E-state index in [9.17, 15) is 4.79 Å². The minimum Gasteiger partial charge on any atom is -0.352 e. The molecule has 36 heavy (non-hydrogen) atoms. The molecule has 3 aromatic rings. The van der Waals surface area contributed by atoms with E-state index < -0.39 is 0 Å². The number of pyridine rings is 1. The Balaban J connectivity index is 0.00000361. The molecule has 1 aliphatic carbocycles. The van der Waals surface area contributed by atoms with Gasteiger partial charge >= 0.3 is 0 Å². The topological polar surface area (TPSA) is 45.2 Å². The molecule has 2 atom stereocenters. The van der Waals surface area contributed by atoms with Gasteiger partial charge in [-0.15, -0.1) is 12.4 Å². The summed E-state index contributed by atoms with van der Waals surface area (Å²) in [6.07, 6.45) is 6.12. The van der Waals surface area contributed by atoms with Crippen molar-refractivity contribution >= 4 is 41.5 Å². The lowest BCUT2D eigenvalue weighted by molar-refractivity contribution is 0.0952. The summed E-state index contributed by atoms with van der Waals surface area (Å²) >= 11 is 12.6. The fourth-order valence-electron chi connectivity index (χ4n) is 4.67. The molecule has 1 saturated carbocycles. The van der Waals surface area contributed by atoms with Crippen LogP contribution in [0.4, 0.5) is 0 Å². The summed E-state index contributed by atoms with van der Waals surface area (Å²) in [5.41, 5.74) is 3.78. The average Bonchev–Trinajstić information content (AvgIpc) is 3.64. The molecular weight excluding hydrogens is 513 g/mol. The molecule has 0 radical (unpaired) electrons. The van der Waals surface area contributed by atoms with E-state index in [0.29, 0.717) is 34.0 Å². The highest BCUT2D eigenvalue weighted by atomic mass is 35.5. The molecule has 1 N–H and O–H groups in total. The highest BCUT2D eigenvalue weighted by molar-refractivity contribution is 6.42. The fraction of sp³-hybridized carbons (Fsp3) is 0.379. The minimum absolute atomic E-state index is 0. The van der Waals surface area contributed by atoms with Gasteiger partial charge in [-0.25, -0.2) is 0 Å². The Kier molecular flexibility index (Phi) is 11.1. The molecule has 4 nitrogen and oxygen atoms in total. The maximum atomic E-state index is 12.5. The number of halogens is 3. The van der Waals surface area contributed by atoms with Gasteiger partial charge in [0.05, 0.1) is 15.7 Å². The lowest BCUT2D eigenvalue weighted by atomic mass is 10.1. The molecule has 4 rings (SSSR count). The van der Waals surface area contributed by atoms with E-state index in [-0.39, 0.29) is 18.3 Å². The highest BCUT2D eigenvalue weighted by Gasteiger charge is 2.40. The van der Waals surface area contributed by atoms with Crippen LogP contribution in [0.15, 0.2) is 66.9 Å². The molecule has 0 aliphatic heterocycles. The second-order valence-corrected chi connectivity index (χ2v) is 10.1. The lowest BCUT2D eigenvalue weighted by Gasteiger charge is -2.22. The number of nitrogens with zero attached hydrogens (tertiary/aromatic N) is 2. The van der Waals surface area contributed by atoms with Crippen molar-refractivity contribution in [2.45, 2.75) is 38.5 Å². The Hall–Kier alpha value is -2.11. The van der Waals surface area contributed by atoms with Crippen molar-refractivity contribution < 1.29 is 4.79 Å². The van der Waals surface area contributed by atoms with Crippen molar-refractivity contribution in [2.24, 2.45) is 5.92 Å². The second-order valence-electron chi connectivity index (χ2n) is 9.30. The standard InChI is InChI=1S/C29H33Cl2N3O.ClH/c1-2-17-34(20-23-19-25(23)24-8-7-9-26(30)28(24)31)18-6-5-16-33-29(35)22-13-11-21(12-14-22)27-10-3-4-15-32-27;/h3-4,7-15,23,25H,2,5-6,16-20H2,1H3,(H,33,35);1H. The van der Waals surface area contributed by atoms with E-state index in [1.54, 1.807) is 6.20 Å². The zero-order valence-electron chi connectivity index (χ0n) is 20.6. The minimum atomic E-state index is -0.0257. The van der Waals surface area contributed by atoms with E-state index in [2.05, 4.69) is 28.2 Å². The van der Waals surface area contributed by atoms with Crippen LogP contribution in [0.3, 0.4) is 0 Å². The molecule has 0 bridgehead atoms. The van der Waals surface area contributed by atoms with E-state index in [1.165, 1.54) is 12.0 Å². The van der Waals surface area contributed by atoms with Gasteiger partial charge in [-0.2, -0.15) is 0 Å². The van der Waals surface area contributed by atoms with Crippen molar-refractivity contribution in [3.05, 3.63) is 88.0 Å². The third-order valence-corrected chi connectivity index (χ3v) is 7.46. The Morgan fingerprint density at radius 1 is 1.03 bits per heavy atom. The Morgan fingerprint density at radius 3 is 2.56 bits per heavy atom. The van der Waals surface area contributed by atoms with Crippen LogP contribution in [0.2, 0.25) is 10.0 Å². The number of hydrogen-bond acceptors (Lipinski definition) is 3. The molecule has 2 aromatic carbocycles. The first-order valence-electron chi connectivity index (χ1n) is 12.5. The Morgan fingerprint density at radius 2 is 1.83 bits per heavy atom. The van der Waals surface area contributed by atoms with Crippen molar-refractivity contribution in [3.63, 3.8) is 0 Å². The van der Waals surface area contributed by atoms with Crippen LogP contribution in [-0.4, -0.2) is 42.0 Å². The van der Waals surface area contributed by atoms with Gasteiger partial charge in [-0.3, -0.25) is 9.78 Å². The zero-order valence-corrected chi connectivity index (χ0v) is 23.0. The number of hydrogen-bond donors (Lipinski definition) is 1. The predicted octanol–water partition coefficient (Wildman–Crippen LogP) is 7.50. The summed E-state index contributed by atoms with van der Waals surface area (Å²) in [7, 11) is 0.